The zero-order valence-electron chi connectivity index (χ0n) is 16.0. The second kappa shape index (κ2) is 8.26. The molecule has 164 valence electrons. The summed E-state index contributed by atoms with van der Waals surface area (Å²) in [5, 5.41) is 1.61. The van der Waals surface area contributed by atoms with Crippen molar-refractivity contribution in [2.24, 2.45) is 0 Å². The number of benzene rings is 2. The fraction of sp³-hybridized carbons (Fsp3) is 0.278. The third-order valence-electron chi connectivity index (χ3n) is 4.10. The Morgan fingerprint density at radius 1 is 0.967 bits per heavy atom. The molecule has 12 heteroatoms. The number of methoxy groups -OCH3 is 1. The van der Waals surface area contributed by atoms with Gasteiger partial charge in [0.15, 0.2) is 9.84 Å². The van der Waals surface area contributed by atoms with Crippen LogP contribution in [0.1, 0.15) is 24.2 Å². The maximum atomic E-state index is 12.8. The minimum Gasteiger partial charge on any atom is -0.495 e. The highest BCUT2D eigenvalue weighted by Gasteiger charge is 2.47. The summed E-state index contributed by atoms with van der Waals surface area (Å²) in [5.41, 5.74) is -5.81. The van der Waals surface area contributed by atoms with Crippen LogP contribution in [0.4, 0.5) is 18.9 Å². The molecule has 2 rings (SSSR count). The molecule has 0 bridgehead atoms. The first-order chi connectivity index (χ1) is 13.7. The largest absolute Gasteiger partial charge is 0.501 e. The van der Waals surface area contributed by atoms with Gasteiger partial charge in [-0.1, -0.05) is 0 Å². The topological polar surface area (TPSA) is 107 Å². The second-order valence-corrected chi connectivity index (χ2v) is 10.8. The van der Waals surface area contributed by atoms with Crippen LogP contribution in [-0.2, 0) is 19.7 Å². The number of nitrogens with one attached hydrogen (secondary N) is 1. The summed E-state index contributed by atoms with van der Waals surface area (Å²) in [5.74, 6) is -0.869. The summed E-state index contributed by atoms with van der Waals surface area (Å²) in [6, 6.07) is 7.24. The number of hydrogen-bond donors (Lipinski definition) is 1. The molecule has 2 aromatic carbocycles. The van der Waals surface area contributed by atoms with Crippen molar-refractivity contribution in [1.29, 1.82) is 0 Å². The van der Waals surface area contributed by atoms with Gasteiger partial charge in [0.25, 0.3) is 15.7 Å². The summed E-state index contributed by atoms with van der Waals surface area (Å²) >= 11 is 0. The van der Waals surface area contributed by atoms with Crippen molar-refractivity contribution in [3.05, 3.63) is 48.0 Å². The normalized spacial score (nSPS) is 12.6. The predicted molar refractivity (Wildman–Crippen MR) is 103 cm³/mol. The first-order valence-electron chi connectivity index (χ1n) is 8.36. The van der Waals surface area contributed by atoms with Crippen molar-refractivity contribution in [1.82, 2.24) is 0 Å². The highest BCUT2D eigenvalue weighted by Crippen LogP contribution is 2.34. The standard InChI is InChI=1S/C18H18F3NO6S2/c1-11(2)29(24,25)13-6-4-12(5-7-13)17(23)22-15-10-14(8-9-16(15)28-3)30(26,27)18(19,20)21/h4-11H,1-3H3,(H,22,23). The van der Waals surface area contributed by atoms with E-state index >= 15 is 0 Å². The third kappa shape index (κ3) is 4.59. The minimum absolute atomic E-state index is 0.00356. The minimum atomic E-state index is -5.63. The number of halogens is 3. The summed E-state index contributed by atoms with van der Waals surface area (Å²) in [6.07, 6.45) is 0. The number of amides is 1. The molecule has 0 spiro atoms. The van der Waals surface area contributed by atoms with Gasteiger partial charge < -0.3 is 10.1 Å². The van der Waals surface area contributed by atoms with Gasteiger partial charge in [-0.25, -0.2) is 16.8 Å². The van der Waals surface area contributed by atoms with E-state index in [4.69, 9.17) is 4.74 Å². The molecule has 0 saturated carbocycles. The van der Waals surface area contributed by atoms with E-state index < -0.39 is 41.2 Å². The van der Waals surface area contributed by atoms with Crippen LogP contribution in [0.3, 0.4) is 0 Å². The number of hydrogen-bond acceptors (Lipinski definition) is 6. The lowest BCUT2D eigenvalue weighted by Gasteiger charge is -2.14. The molecule has 0 aliphatic carbocycles. The molecule has 0 heterocycles. The van der Waals surface area contributed by atoms with Crippen LogP contribution in [0, 0.1) is 0 Å². The van der Waals surface area contributed by atoms with E-state index in [2.05, 4.69) is 5.32 Å². The fourth-order valence-corrected chi connectivity index (χ4v) is 4.20. The van der Waals surface area contributed by atoms with Crippen molar-refractivity contribution < 1.29 is 39.5 Å². The zero-order chi connectivity index (χ0) is 22.9. The Balaban J connectivity index is 2.38. The Morgan fingerprint density at radius 2 is 1.50 bits per heavy atom. The molecule has 7 nitrogen and oxygen atoms in total. The molecule has 0 aromatic heterocycles. The van der Waals surface area contributed by atoms with Crippen LogP contribution in [0.15, 0.2) is 52.3 Å². The predicted octanol–water partition coefficient (Wildman–Crippen LogP) is 3.42. The number of anilines is 1. The van der Waals surface area contributed by atoms with Crippen molar-refractivity contribution in [3.8, 4) is 5.75 Å². The molecule has 1 amide bonds. The van der Waals surface area contributed by atoms with Crippen molar-refractivity contribution in [2.75, 3.05) is 12.4 Å². The van der Waals surface area contributed by atoms with E-state index in [1.165, 1.54) is 45.2 Å². The average molecular weight is 465 g/mol. The Morgan fingerprint density at radius 3 is 1.97 bits per heavy atom. The van der Waals surface area contributed by atoms with Crippen LogP contribution < -0.4 is 10.1 Å². The highest BCUT2D eigenvalue weighted by atomic mass is 32.2. The van der Waals surface area contributed by atoms with Gasteiger partial charge in [0.05, 0.1) is 27.8 Å². The molecule has 2 aromatic rings. The van der Waals surface area contributed by atoms with Crippen LogP contribution in [0.5, 0.6) is 5.75 Å². The summed E-state index contributed by atoms with van der Waals surface area (Å²) < 4.78 is 90.8. The van der Waals surface area contributed by atoms with E-state index in [0.29, 0.717) is 12.1 Å². The van der Waals surface area contributed by atoms with E-state index in [1.54, 1.807) is 0 Å². The summed E-state index contributed by atoms with van der Waals surface area (Å²) in [6.45, 7) is 3.01. The van der Waals surface area contributed by atoms with Crippen LogP contribution >= 0.6 is 0 Å². The van der Waals surface area contributed by atoms with E-state index in [0.717, 1.165) is 6.07 Å². The lowest BCUT2D eigenvalue weighted by Crippen LogP contribution is -2.23. The lowest BCUT2D eigenvalue weighted by atomic mass is 10.2. The van der Waals surface area contributed by atoms with Gasteiger partial charge in [0, 0.05) is 5.56 Å². The molecule has 0 aliphatic heterocycles. The Bertz CT molecular complexity index is 1160. The average Bonchev–Trinajstić information content (AvgIpc) is 2.66. The molecule has 0 atom stereocenters. The number of alkyl halides is 3. The smallest absolute Gasteiger partial charge is 0.495 e. The molecule has 1 N–H and O–H groups in total. The number of rotatable bonds is 6. The lowest BCUT2D eigenvalue weighted by molar-refractivity contribution is -0.0436. The van der Waals surface area contributed by atoms with Crippen LogP contribution in [0.2, 0.25) is 0 Å². The zero-order valence-corrected chi connectivity index (χ0v) is 17.7. The maximum absolute atomic E-state index is 12.8. The van der Waals surface area contributed by atoms with Gasteiger partial charge >= 0.3 is 5.51 Å². The van der Waals surface area contributed by atoms with Crippen LogP contribution in [0.25, 0.3) is 0 Å². The molecule has 0 fully saturated rings. The van der Waals surface area contributed by atoms with Gasteiger partial charge in [-0.3, -0.25) is 4.79 Å². The Kier molecular flexibility index (Phi) is 6.52. The van der Waals surface area contributed by atoms with Gasteiger partial charge in [0.1, 0.15) is 5.75 Å². The third-order valence-corrected chi connectivity index (χ3v) is 7.75. The monoisotopic (exact) mass is 465 g/mol. The SMILES string of the molecule is COc1ccc(S(=O)(=O)C(F)(F)F)cc1NC(=O)c1ccc(S(=O)(=O)C(C)C)cc1. The van der Waals surface area contributed by atoms with Gasteiger partial charge in [-0.2, -0.15) is 13.2 Å². The Labute approximate surface area is 171 Å². The molecule has 0 aliphatic rings. The molecule has 0 radical (unpaired) electrons. The molecule has 0 unspecified atom stereocenters. The first kappa shape index (κ1) is 23.7. The summed E-state index contributed by atoms with van der Waals surface area (Å²) in [4.78, 5) is 11.4. The number of sulfone groups is 2. The molecule has 30 heavy (non-hydrogen) atoms. The van der Waals surface area contributed by atoms with E-state index in [9.17, 15) is 34.8 Å². The van der Waals surface area contributed by atoms with Gasteiger partial charge in [-0.05, 0) is 56.3 Å². The van der Waals surface area contributed by atoms with Crippen molar-refractivity contribution in [2.45, 2.75) is 34.4 Å². The first-order valence-corrected chi connectivity index (χ1v) is 11.4. The van der Waals surface area contributed by atoms with Crippen LogP contribution in [-0.4, -0.2) is 40.6 Å². The Hall–Kier alpha value is -2.60. The van der Waals surface area contributed by atoms with Crippen molar-refractivity contribution in [3.63, 3.8) is 0 Å². The van der Waals surface area contributed by atoms with Gasteiger partial charge in [-0.15, -0.1) is 0 Å². The second-order valence-electron chi connectivity index (χ2n) is 6.38. The quantitative estimate of drug-likeness (QED) is 0.701. The highest BCUT2D eigenvalue weighted by molar-refractivity contribution is 7.92. The fourth-order valence-electron chi connectivity index (χ4n) is 2.35. The van der Waals surface area contributed by atoms with E-state index in [1.807, 2.05) is 0 Å². The number of carbonyl (C=O) groups is 1. The van der Waals surface area contributed by atoms with E-state index in [-0.39, 0.29) is 21.9 Å². The number of carbonyl (C=O) groups excluding carboxylic acids is 1. The summed E-state index contributed by atoms with van der Waals surface area (Å²) in [7, 11) is -7.99. The molecular formula is C18H18F3NO6S2. The van der Waals surface area contributed by atoms with Crippen molar-refractivity contribution >= 4 is 31.3 Å². The number of ether oxygens (including phenoxy) is 1. The maximum Gasteiger partial charge on any atom is 0.501 e. The molecule has 0 saturated heterocycles. The molecular weight excluding hydrogens is 447 g/mol. The van der Waals surface area contributed by atoms with Gasteiger partial charge in [0.2, 0.25) is 0 Å².